The zero-order valence-electron chi connectivity index (χ0n) is 21.1. The van der Waals surface area contributed by atoms with Crippen molar-refractivity contribution >= 4 is 29.1 Å². The van der Waals surface area contributed by atoms with E-state index in [1.165, 1.54) is 6.08 Å². The molecule has 0 heterocycles. The van der Waals surface area contributed by atoms with Crippen LogP contribution in [0.15, 0.2) is 23.8 Å². The van der Waals surface area contributed by atoms with Gasteiger partial charge in [0.2, 0.25) is 5.78 Å². The highest BCUT2D eigenvalue weighted by molar-refractivity contribution is 6.26. The average Bonchev–Trinajstić information content (AvgIpc) is 3.00. The van der Waals surface area contributed by atoms with Crippen molar-refractivity contribution in [3.63, 3.8) is 0 Å². The molecule has 0 amide bonds. The molecular formula is C27H39ClO7. The first-order chi connectivity index (χ1) is 15.9. The van der Waals surface area contributed by atoms with Crippen LogP contribution < -0.4 is 0 Å². The van der Waals surface area contributed by atoms with E-state index in [4.69, 9.17) is 16.3 Å². The van der Waals surface area contributed by atoms with E-state index < -0.39 is 45.8 Å². The van der Waals surface area contributed by atoms with Gasteiger partial charge in [0.15, 0.2) is 11.4 Å². The van der Waals surface area contributed by atoms with Gasteiger partial charge in [0.25, 0.3) is 0 Å². The maximum absolute atomic E-state index is 13.4. The van der Waals surface area contributed by atoms with Crippen LogP contribution in [0.4, 0.5) is 0 Å². The molecule has 0 aliphatic heterocycles. The first-order valence-electron chi connectivity index (χ1n) is 12.6. The summed E-state index contributed by atoms with van der Waals surface area (Å²) >= 11 is 7.45. The third-order valence-electron chi connectivity index (χ3n) is 9.75. The Morgan fingerprint density at radius 3 is 2.57 bits per heavy atom. The van der Waals surface area contributed by atoms with Gasteiger partial charge in [0, 0.05) is 23.2 Å². The van der Waals surface area contributed by atoms with E-state index in [-0.39, 0.29) is 41.9 Å². The summed E-state index contributed by atoms with van der Waals surface area (Å²) in [5, 5.41) is 21.7. The first-order valence-corrected chi connectivity index (χ1v) is 13.0. The molecular weight excluding hydrogens is 472 g/mol. The Morgan fingerprint density at radius 2 is 1.94 bits per heavy atom. The Bertz CT molecular complexity index is 959. The standard InChI is InChI=1S/C27H37ClO6.H2O/c1-5-6-7-23(33)34-27(22(32)15-29)16(2)12-20-19-9-8-17-13-18(30)10-11-24(17,3)26(19,28)21(31)14-25(20,27)4;/h10-11,13,16,19-21,29,31H,5-9,12,14-15H2,1-4H3;1H2/t16-,19-,20-,21-,24-,25-,26-,27-;/m0./s1. The largest absolute Gasteiger partial charge is 0.450 e. The van der Waals surface area contributed by atoms with Gasteiger partial charge in [-0.1, -0.05) is 45.8 Å². The van der Waals surface area contributed by atoms with Gasteiger partial charge in [-0.05, 0) is 56.1 Å². The van der Waals surface area contributed by atoms with Gasteiger partial charge in [-0.3, -0.25) is 14.4 Å². The number of hydrogen-bond donors (Lipinski definition) is 2. The SMILES string of the molecule is CCCCC(=O)O[C@]1(C(=O)CO)[C@@H](C)C[C@H]2[C@@H]3CCC4=CC(=O)C=C[C@]4(C)[C@@]3(Cl)[C@@H](O)C[C@@]21C.O. The molecule has 4 aliphatic carbocycles. The van der Waals surface area contributed by atoms with E-state index in [0.717, 1.165) is 12.0 Å². The molecule has 0 aromatic rings. The Labute approximate surface area is 212 Å². The van der Waals surface area contributed by atoms with Crippen molar-refractivity contribution in [2.45, 2.75) is 89.2 Å². The van der Waals surface area contributed by atoms with E-state index in [1.54, 1.807) is 6.08 Å². The number of alkyl halides is 1. The molecule has 196 valence electrons. The quantitative estimate of drug-likeness (QED) is 0.416. The number of rotatable bonds is 6. The fourth-order valence-electron chi connectivity index (χ4n) is 8.07. The van der Waals surface area contributed by atoms with Crippen molar-refractivity contribution in [3.05, 3.63) is 23.8 Å². The number of fused-ring (bicyclic) bond motifs is 5. The molecule has 4 rings (SSSR count). The number of allylic oxidation sites excluding steroid dienone is 4. The number of ether oxygens (including phenoxy) is 1. The van der Waals surface area contributed by atoms with Gasteiger partial charge < -0.3 is 20.4 Å². The maximum atomic E-state index is 13.4. The number of hydrogen-bond acceptors (Lipinski definition) is 6. The van der Waals surface area contributed by atoms with E-state index in [9.17, 15) is 24.6 Å². The van der Waals surface area contributed by atoms with Crippen LogP contribution in [0.1, 0.15) is 72.6 Å². The van der Waals surface area contributed by atoms with Gasteiger partial charge in [-0.2, -0.15) is 0 Å². The smallest absolute Gasteiger partial charge is 0.306 e. The van der Waals surface area contributed by atoms with Crippen LogP contribution in [-0.2, 0) is 19.1 Å². The summed E-state index contributed by atoms with van der Waals surface area (Å²) in [6, 6.07) is 0. The van der Waals surface area contributed by atoms with Gasteiger partial charge in [-0.15, -0.1) is 11.6 Å². The van der Waals surface area contributed by atoms with E-state index in [0.29, 0.717) is 25.7 Å². The molecule has 7 nitrogen and oxygen atoms in total. The van der Waals surface area contributed by atoms with Gasteiger partial charge in [-0.25, -0.2) is 0 Å². The summed E-state index contributed by atoms with van der Waals surface area (Å²) in [5.41, 5.74) is -2.14. The second kappa shape index (κ2) is 9.40. The van der Waals surface area contributed by atoms with Crippen LogP contribution in [0.3, 0.4) is 0 Å². The summed E-state index contributed by atoms with van der Waals surface area (Å²) in [5.74, 6) is -1.59. The lowest BCUT2D eigenvalue weighted by Crippen LogP contribution is -2.69. The molecule has 0 saturated heterocycles. The number of ketones is 2. The van der Waals surface area contributed by atoms with Gasteiger partial charge in [0.1, 0.15) is 6.61 Å². The monoisotopic (exact) mass is 510 g/mol. The van der Waals surface area contributed by atoms with Crippen LogP contribution in [0.2, 0.25) is 0 Å². The number of carbonyl (C=O) groups excluding carboxylic acids is 3. The molecule has 0 aromatic carbocycles. The molecule has 3 saturated carbocycles. The van der Waals surface area contributed by atoms with Crippen molar-refractivity contribution in [2.75, 3.05) is 6.61 Å². The number of aliphatic hydroxyl groups excluding tert-OH is 2. The summed E-state index contributed by atoms with van der Waals surface area (Å²) in [4.78, 5) is 37.3. The van der Waals surface area contributed by atoms with E-state index in [1.807, 2.05) is 33.8 Å². The Hall–Kier alpha value is -1.54. The van der Waals surface area contributed by atoms with Crippen molar-refractivity contribution in [1.82, 2.24) is 0 Å². The predicted octanol–water partition coefficient (Wildman–Crippen LogP) is 3.08. The van der Waals surface area contributed by atoms with Crippen LogP contribution >= 0.6 is 11.6 Å². The Morgan fingerprint density at radius 1 is 1.26 bits per heavy atom. The number of halogens is 1. The van der Waals surface area contributed by atoms with Gasteiger partial charge in [0.05, 0.1) is 11.0 Å². The summed E-state index contributed by atoms with van der Waals surface area (Å²) in [7, 11) is 0. The van der Waals surface area contributed by atoms with E-state index in [2.05, 4.69) is 0 Å². The zero-order valence-corrected chi connectivity index (χ0v) is 21.9. The second-order valence-corrected chi connectivity index (χ2v) is 11.9. The van der Waals surface area contributed by atoms with Crippen LogP contribution in [0, 0.1) is 28.6 Å². The lowest BCUT2D eigenvalue weighted by atomic mass is 9.45. The molecule has 4 aliphatic rings. The number of esters is 1. The predicted molar refractivity (Wildman–Crippen MR) is 132 cm³/mol. The van der Waals surface area contributed by atoms with E-state index >= 15 is 0 Å². The van der Waals surface area contributed by atoms with Crippen molar-refractivity contribution < 1.29 is 34.8 Å². The number of Topliss-reactive ketones (excluding diaryl/α,β-unsaturated/α-hetero) is 1. The fourth-order valence-corrected chi connectivity index (χ4v) is 8.59. The molecule has 0 bridgehead atoms. The van der Waals surface area contributed by atoms with Crippen LogP contribution in [-0.4, -0.2) is 56.4 Å². The normalized spacial score (nSPS) is 43.9. The highest BCUT2D eigenvalue weighted by Gasteiger charge is 2.76. The zero-order chi connectivity index (χ0) is 25.1. The molecule has 35 heavy (non-hydrogen) atoms. The number of aliphatic hydroxyl groups is 2. The molecule has 0 unspecified atom stereocenters. The summed E-state index contributed by atoms with van der Waals surface area (Å²) < 4.78 is 6.07. The molecule has 4 N–H and O–H groups in total. The Balaban J connectivity index is 0.00000342. The van der Waals surface area contributed by atoms with Crippen LogP contribution in [0.25, 0.3) is 0 Å². The molecule has 0 aromatic heterocycles. The number of unbranched alkanes of at least 4 members (excludes halogenated alkanes) is 1. The lowest BCUT2D eigenvalue weighted by molar-refractivity contribution is -0.203. The number of carbonyl (C=O) groups is 3. The lowest BCUT2D eigenvalue weighted by Gasteiger charge is -2.64. The van der Waals surface area contributed by atoms with Crippen molar-refractivity contribution in [1.29, 1.82) is 0 Å². The van der Waals surface area contributed by atoms with Gasteiger partial charge >= 0.3 is 5.97 Å². The minimum Gasteiger partial charge on any atom is -0.450 e. The third-order valence-corrected chi connectivity index (χ3v) is 10.7. The van der Waals surface area contributed by atoms with Crippen molar-refractivity contribution in [2.24, 2.45) is 28.6 Å². The first kappa shape index (κ1) is 28.0. The highest BCUT2D eigenvalue weighted by atomic mass is 35.5. The average molecular weight is 511 g/mol. The molecule has 0 spiro atoms. The highest BCUT2D eigenvalue weighted by Crippen LogP contribution is 2.72. The van der Waals surface area contributed by atoms with Crippen molar-refractivity contribution in [3.8, 4) is 0 Å². The fraction of sp³-hybridized carbons (Fsp3) is 0.741. The Kier molecular flexibility index (Phi) is 7.53. The topological polar surface area (TPSA) is 132 Å². The molecule has 3 fully saturated rings. The summed E-state index contributed by atoms with van der Waals surface area (Å²) in [6.45, 7) is 7.07. The minimum atomic E-state index is -1.51. The molecule has 0 radical (unpaired) electrons. The summed E-state index contributed by atoms with van der Waals surface area (Å²) in [6.07, 6.45) is 7.82. The minimum absolute atomic E-state index is 0. The maximum Gasteiger partial charge on any atom is 0.306 e. The third kappa shape index (κ3) is 3.60. The van der Waals surface area contributed by atoms with Crippen LogP contribution in [0.5, 0.6) is 0 Å². The molecule has 8 heteroatoms. The molecule has 8 atom stereocenters. The second-order valence-electron chi connectivity index (χ2n) is 11.3.